The van der Waals surface area contributed by atoms with Gasteiger partial charge in [0.2, 0.25) is 5.43 Å². The molecule has 1 aliphatic rings. The Bertz CT molecular complexity index is 1210. The van der Waals surface area contributed by atoms with Crippen molar-refractivity contribution in [3.05, 3.63) is 69.0 Å². The van der Waals surface area contributed by atoms with Crippen LogP contribution in [-0.2, 0) is 0 Å². The summed E-state index contributed by atoms with van der Waals surface area (Å²) in [5.74, 6) is -2.70. The van der Waals surface area contributed by atoms with Crippen LogP contribution >= 0.6 is 11.6 Å². The second-order valence-corrected chi connectivity index (χ2v) is 7.83. The maximum Gasteiger partial charge on any atom is 0.341 e. The van der Waals surface area contributed by atoms with Crippen LogP contribution in [0.4, 0.5) is 14.5 Å². The number of rotatable bonds is 3. The lowest BCUT2D eigenvalue weighted by Crippen LogP contribution is -2.65. The third-order valence-electron chi connectivity index (χ3n) is 4.91. The van der Waals surface area contributed by atoms with Crippen LogP contribution < -0.4 is 16.1 Å². The standard InChI is InChI=1S/C20H16ClF2N3O3/c1-20(24)8-25(9-20)17-14(23)6-12-16(15(17)21)26(7-13(18(12)27)19(28)29)11-4-2-10(22)3-5-11/h2-7H,8-9,24H2,1H3,(H,28,29). The number of nitrogens with two attached hydrogens (primary N) is 1. The lowest BCUT2D eigenvalue weighted by Gasteiger charge is -2.47. The second-order valence-electron chi connectivity index (χ2n) is 7.45. The van der Waals surface area contributed by atoms with Crippen LogP contribution in [0.25, 0.3) is 16.6 Å². The summed E-state index contributed by atoms with van der Waals surface area (Å²) in [4.78, 5) is 25.9. The molecule has 9 heteroatoms. The van der Waals surface area contributed by atoms with E-state index in [0.717, 1.165) is 12.3 Å². The SMILES string of the molecule is CC1(N)CN(c2c(F)cc3c(=O)c(C(=O)O)cn(-c4ccc(F)cc4)c3c2Cl)C1. The highest BCUT2D eigenvalue weighted by Gasteiger charge is 2.38. The van der Waals surface area contributed by atoms with Crippen LogP contribution in [0.15, 0.2) is 41.3 Å². The fourth-order valence-corrected chi connectivity index (χ4v) is 4.04. The van der Waals surface area contributed by atoms with Gasteiger partial charge in [-0.3, -0.25) is 4.79 Å². The smallest absolute Gasteiger partial charge is 0.341 e. The van der Waals surface area contributed by atoms with Crippen molar-refractivity contribution in [1.82, 2.24) is 4.57 Å². The summed E-state index contributed by atoms with van der Waals surface area (Å²) >= 11 is 6.53. The Morgan fingerprint density at radius 3 is 2.41 bits per heavy atom. The number of hydrogen-bond acceptors (Lipinski definition) is 4. The molecule has 0 unspecified atom stereocenters. The van der Waals surface area contributed by atoms with Gasteiger partial charge in [-0.2, -0.15) is 0 Å². The highest BCUT2D eigenvalue weighted by atomic mass is 35.5. The van der Waals surface area contributed by atoms with Crippen molar-refractivity contribution >= 4 is 34.2 Å². The minimum Gasteiger partial charge on any atom is -0.477 e. The van der Waals surface area contributed by atoms with Crippen molar-refractivity contribution in [2.45, 2.75) is 12.5 Å². The summed E-state index contributed by atoms with van der Waals surface area (Å²) in [7, 11) is 0. The highest BCUT2D eigenvalue weighted by molar-refractivity contribution is 6.38. The van der Waals surface area contributed by atoms with Crippen LogP contribution in [-0.4, -0.2) is 34.3 Å². The normalized spacial score (nSPS) is 15.4. The first kappa shape index (κ1) is 19.4. The van der Waals surface area contributed by atoms with Gasteiger partial charge in [-0.05, 0) is 37.3 Å². The average molecular weight is 420 g/mol. The summed E-state index contributed by atoms with van der Waals surface area (Å²) in [6.45, 7) is 2.55. The van der Waals surface area contributed by atoms with Crippen LogP contribution in [0.1, 0.15) is 17.3 Å². The highest BCUT2D eigenvalue weighted by Crippen LogP contribution is 2.39. The van der Waals surface area contributed by atoms with E-state index in [-0.39, 0.29) is 21.6 Å². The van der Waals surface area contributed by atoms with Crippen LogP contribution in [0.2, 0.25) is 5.02 Å². The number of anilines is 1. The number of pyridine rings is 1. The minimum absolute atomic E-state index is 0.0473. The van der Waals surface area contributed by atoms with Gasteiger partial charge in [0, 0.05) is 30.5 Å². The maximum atomic E-state index is 14.9. The van der Waals surface area contributed by atoms with Gasteiger partial charge in [0.1, 0.15) is 17.2 Å². The summed E-state index contributed by atoms with van der Waals surface area (Å²) in [5, 5.41) is 9.17. The molecule has 0 aliphatic carbocycles. The van der Waals surface area contributed by atoms with Crippen molar-refractivity contribution < 1.29 is 18.7 Å². The molecule has 1 aromatic heterocycles. The van der Waals surface area contributed by atoms with Crippen molar-refractivity contribution in [1.29, 1.82) is 0 Å². The molecule has 1 fully saturated rings. The van der Waals surface area contributed by atoms with Gasteiger partial charge in [-0.15, -0.1) is 0 Å². The molecular weight excluding hydrogens is 404 g/mol. The number of carboxylic acids is 1. The quantitative estimate of drug-likeness (QED) is 0.680. The Balaban J connectivity index is 2.07. The Labute approximate surface area is 168 Å². The lowest BCUT2D eigenvalue weighted by atomic mass is 9.92. The summed E-state index contributed by atoms with van der Waals surface area (Å²) in [6.07, 6.45) is 1.11. The molecular formula is C20H16ClF2N3O3. The fraction of sp³-hybridized carbons (Fsp3) is 0.200. The third kappa shape index (κ3) is 3.14. The molecule has 2 aromatic carbocycles. The number of hydrogen-bond donors (Lipinski definition) is 2. The van der Waals surface area contributed by atoms with E-state index in [2.05, 4.69) is 0 Å². The van der Waals surface area contributed by atoms with Gasteiger partial charge in [0.05, 0.1) is 21.6 Å². The predicted molar refractivity (Wildman–Crippen MR) is 106 cm³/mol. The van der Waals surface area contributed by atoms with E-state index < -0.39 is 34.1 Å². The molecule has 150 valence electrons. The first-order valence-electron chi connectivity index (χ1n) is 8.69. The van der Waals surface area contributed by atoms with E-state index in [9.17, 15) is 23.5 Å². The number of nitrogens with zero attached hydrogens (tertiary/aromatic N) is 2. The predicted octanol–water partition coefficient (Wildman–Crippen LogP) is 3.16. The van der Waals surface area contributed by atoms with Crippen molar-refractivity contribution in [3.8, 4) is 5.69 Å². The molecule has 2 heterocycles. The number of aromatic nitrogens is 1. The number of fused-ring (bicyclic) bond motifs is 1. The molecule has 0 bridgehead atoms. The fourth-order valence-electron chi connectivity index (χ4n) is 3.64. The zero-order valence-corrected chi connectivity index (χ0v) is 16.0. The van der Waals surface area contributed by atoms with Gasteiger partial charge in [-0.1, -0.05) is 11.6 Å². The minimum atomic E-state index is -1.46. The molecule has 29 heavy (non-hydrogen) atoms. The first-order valence-corrected chi connectivity index (χ1v) is 9.07. The largest absolute Gasteiger partial charge is 0.477 e. The number of carbonyl (C=O) groups is 1. The molecule has 0 atom stereocenters. The zero-order chi connectivity index (χ0) is 21.1. The molecule has 0 amide bonds. The number of halogens is 3. The number of carboxylic acid groups (broad SMARTS) is 1. The molecule has 0 radical (unpaired) electrons. The first-order chi connectivity index (χ1) is 13.6. The van der Waals surface area contributed by atoms with E-state index in [0.29, 0.717) is 18.8 Å². The lowest BCUT2D eigenvalue weighted by molar-refractivity contribution is 0.0695. The third-order valence-corrected chi connectivity index (χ3v) is 5.27. The Morgan fingerprint density at radius 1 is 1.24 bits per heavy atom. The van der Waals surface area contributed by atoms with Gasteiger partial charge in [-0.25, -0.2) is 13.6 Å². The van der Waals surface area contributed by atoms with E-state index in [1.54, 1.807) is 4.90 Å². The monoisotopic (exact) mass is 419 g/mol. The van der Waals surface area contributed by atoms with E-state index in [1.165, 1.54) is 28.8 Å². The molecule has 6 nitrogen and oxygen atoms in total. The zero-order valence-electron chi connectivity index (χ0n) is 15.2. The van der Waals surface area contributed by atoms with Gasteiger partial charge < -0.3 is 20.3 Å². The molecule has 1 saturated heterocycles. The summed E-state index contributed by atoms with van der Waals surface area (Å²) in [5.41, 5.74) is 4.70. The van der Waals surface area contributed by atoms with E-state index in [1.807, 2.05) is 6.92 Å². The maximum absolute atomic E-state index is 14.9. The second kappa shape index (κ2) is 6.53. The topological polar surface area (TPSA) is 88.6 Å². The molecule has 1 aliphatic heterocycles. The van der Waals surface area contributed by atoms with Gasteiger partial charge in [0.25, 0.3) is 0 Å². The average Bonchev–Trinajstić information content (AvgIpc) is 2.61. The number of benzene rings is 2. The Morgan fingerprint density at radius 2 is 1.86 bits per heavy atom. The van der Waals surface area contributed by atoms with Crippen LogP contribution in [0.5, 0.6) is 0 Å². The molecule has 3 N–H and O–H groups in total. The van der Waals surface area contributed by atoms with Crippen LogP contribution in [0, 0.1) is 11.6 Å². The van der Waals surface area contributed by atoms with Gasteiger partial charge >= 0.3 is 5.97 Å². The summed E-state index contributed by atoms with van der Waals surface area (Å²) < 4.78 is 29.6. The Hall–Kier alpha value is -2.97. The van der Waals surface area contributed by atoms with Crippen molar-refractivity contribution in [2.75, 3.05) is 18.0 Å². The number of aromatic carboxylic acids is 1. The van der Waals surface area contributed by atoms with Crippen molar-refractivity contribution in [3.63, 3.8) is 0 Å². The van der Waals surface area contributed by atoms with E-state index in [4.69, 9.17) is 17.3 Å². The summed E-state index contributed by atoms with van der Waals surface area (Å²) in [6, 6.07) is 6.17. The van der Waals surface area contributed by atoms with Gasteiger partial charge in [0.15, 0.2) is 0 Å². The Kier molecular flexibility index (Phi) is 4.36. The van der Waals surface area contributed by atoms with Crippen molar-refractivity contribution in [2.24, 2.45) is 5.73 Å². The van der Waals surface area contributed by atoms with Crippen LogP contribution in [0.3, 0.4) is 0 Å². The molecule has 4 rings (SSSR count). The molecule has 0 spiro atoms. The molecule has 0 saturated carbocycles. The molecule has 3 aromatic rings. The van der Waals surface area contributed by atoms with E-state index >= 15 is 0 Å².